The summed E-state index contributed by atoms with van der Waals surface area (Å²) in [6.45, 7) is 4.98. The summed E-state index contributed by atoms with van der Waals surface area (Å²) < 4.78 is 5.23. The molecule has 5 heteroatoms. The zero-order chi connectivity index (χ0) is 12.7. The van der Waals surface area contributed by atoms with Crippen molar-refractivity contribution in [2.24, 2.45) is 10.9 Å². The van der Waals surface area contributed by atoms with Crippen LogP contribution in [0.15, 0.2) is 4.99 Å². The number of ether oxygens (including phenoxy) is 1. The summed E-state index contributed by atoms with van der Waals surface area (Å²) in [7, 11) is 0. The minimum absolute atomic E-state index is 0.197. The van der Waals surface area contributed by atoms with Gasteiger partial charge in [0.25, 0.3) is 0 Å². The Morgan fingerprint density at radius 1 is 1.53 bits per heavy atom. The Morgan fingerprint density at radius 3 is 2.94 bits per heavy atom. The first-order valence-electron chi connectivity index (χ1n) is 6.14. The van der Waals surface area contributed by atoms with Crippen molar-refractivity contribution in [1.82, 2.24) is 5.32 Å². The molecule has 0 aromatic rings. The van der Waals surface area contributed by atoms with Gasteiger partial charge in [-0.25, -0.2) is 4.99 Å². The highest BCUT2D eigenvalue weighted by Crippen LogP contribution is 2.08. The summed E-state index contributed by atoms with van der Waals surface area (Å²) in [5, 5.41) is 3.35. The van der Waals surface area contributed by atoms with Crippen LogP contribution in [0.4, 0.5) is 0 Å². The van der Waals surface area contributed by atoms with Crippen LogP contribution in [-0.4, -0.2) is 29.9 Å². The highest BCUT2D eigenvalue weighted by atomic mass is 32.1. The molecule has 0 amide bonds. The Morgan fingerprint density at radius 2 is 2.29 bits per heavy atom. The minimum atomic E-state index is -0.284. The standard InChI is InChI=1S/C12H20N2O2S/c1-3-4-5-6-7-16-11(15)10-8-13-12(17)14-9(10)2/h10H,3-8H2,1-2H3,(H,13,17). The monoisotopic (exact) mass is 256 g/mol. The highest BCUT2D eigenvalue weighted by Gasteiger charge is 2.26. The van der Waals surface area contributed by atoms with E-state index in [9.17, 15) is 4.79 Å². The van der Waals surface area contributed by atoms with E-state index in [1.54, 1.807) is 0 Å². The molecule has 0 radical (unpaired) electrons. The first kappa shape index (κ1) is 14.1. The number of rotatable bonds is 6. The van der Waals surface area contributed by atoms with Crippen molar-refractivity contribution in [2.75, 3.05) is 13.2 Å². The zero-order valence-corrected chi connectivity index (χ0v) is 11.3. The molecule has 0 aromatic heterocycles. The number of nitrogens with zero attached hydrogens (tertiary/aromatic N) is 1. The number of hydrogen-bond acceptors (Lipinski definition) is 3. The Kier molecular flexibility index (Phi) is 6.11. The van der Waals surface area contributed by atoms with E-state index in [2.05, 4.69) is 17.2 Å². The van der Waals surface area contributed by atoms with E-state index >= 15 is 0 Å². The normalized spacial score (nSPS) is 19.5. The third kappa shape index (κ3) is 4.81. The summed E-state index contributed by atoms with van der Waals surface area (Å²) in [6, 6.07) is 0. The van der Waals surface area contributed by atoms with Crippen LogP contribution in [0.5, 0.6) is 0 Å². The molecule has 1 rings (SSSR count). The molecule has 1 aliphatic rings. The maximum absolute atomic E-state index is 11.8. The Bertz CT molecular complexity index is 316. The molecule has 0 aromatic carbocycles. The van der Waals surface area contributed by atoms with E-state index in [0.29, 0.717) is 18.3 Å². The molecule has 1 unspecified atom stereocenters. The van der Waals surface area contributed by atoms with Crippen molar-refractivity contribution in [1.29, 1.82) is 0 Å². The lowest BCUT2D eigenvalue weighted by molar-refractivity contribution is -0.146. The van der Waals surface area contributed by atoms with Gasteiger partial charge in [0.05, 0.1) is 6.61 Å². The number of carbonyl (C=O) groups excluding carboxylic acids is 1. The first-order chi connectivity index (χ1) is 8.15. The predicted octanol–water partition coefficient (Wildman–Crippen LogP) is 2.08. The molecule has 4 nitrogen and oxygen atoms in total. The van der Waals surface area contributed by atoms with Gasteiger partial charge in [0.15, 0.2) is 5.11 Å². The van der Waals surface area contributed by atoms with Crippen molar-refractivity contribution < 1.29 is 9.53 Å². The molecule has 1 N–H and O–H groups in total. The van der Waals surface area contributed by atoms with E-state index in [-0.39, 0.29) is 11.9 Å². The number of carbonyl (C=O) groups is 1. The average molecular weight is 256 g/mol. The first-order valence-corrected chi connectivity index (χ1v) is 6.55. The fourth-order valence-corrected chi connectivity index (χ4v) is 1.90. The molecule has 0 aliphatic carbocycles. The van der Waals surface area contributed by atoms with Crippen LogP contribution in [0.3, 0.4) is 0 Å². The van der Waals surface area contributed by atoms with Gasteiger partial charge in [0.2, 0.25) is 0 Å². The largest absolute Gasteiger partial charge is 0.465 e. The van der Waals surface area contributed by atoms with Crippen LogP contribution in [0.25, 0.3) is 0 Å². The molecule has 0 fully saturated rings. The van der Waals surface area contributed by atoms with E-state index < -0.39 is 0 Å². The van der Waals surface area contributed by atoms with E-state index in [4.69, 9.17) is 17.0 Å². The molecule has 1 atom stereocenters. The number of hydrogen-bond donors (Lipinski definition) is 1. The number of esters is 1. The molecule has 0 saturated carbocycles. The Balaban J connectivity index is 2.28. The molecular weight excluding hydrogens is 236 g/mol. The molecule has 96 valence electrons. The van der Waals surface area contributed by atoms with Crippen molar-refractivity contribution in [3.63, 3.8) is 0 Å². The van der Waals surface area contributed by atoms with Crippen molar-refractivity contribution in [3.05, 3.63) is 0 Å². The minimum Gasteiger partial charge on any atom is -0.465 e. The fraction of sp³-hybridized carbons (Fsp3) is 0.750. The van der Waals surface area contributed by atoms with Gasteiger partial charge in [-0.15, -0.1) is 0 Å². The summed E-state index contributed by atoms with van der Waals surface area (Å²) >= 11 is 4.91. The molecular formula is C12H20N2O2S. The van der Waals surface area contributed by atoms with Crippen molar-refractivity contribution in [2.45, 2.75) is 39.5 Å². The van der Waals surface area contributed by atoms with Gasteiger partial charge in [-0.3, -0.25) is 4.79 Å². The molecule has 1 aliphatic heterocycles. The Labute approximate surface area is 108 Å². The van der Waals surface area contributed by atoms with Crippen molar-refractivity contribution in [3.8, 4) is 0 Å². The number of nitrogens with one attached hydrogen (secondary N) is 1. The number of unbranched alkanes of at least 4 members (excludes halogenated alkanes) is 3. The van der Waals surface area contributed by atoms with Crippen LogP contribution in [0.2, 0.25) is 0 Å². The van der Waals surface area contributed by atoms with Gasteiger partial charge in [0, 0.05) is 12.3 Å². The lowest BCUT2D eigenvalue weighted by Gasteiger charge is -2.20. The van der Waals surface area contributed by atoms with Gasteiger partial charge in [-0.1, -0.05) is 26.2 Å². The second-order valence-electron chi connectivity index (χ2n) is 4.22. The second-order valence-corrected chi connectivity index (χ2v) is 4.61. The third-order valence-electron chi connectivity index (χ3n) is 2.77. The lowest BCUT2D eigenvalue weighted by Crippen LogP contribution is -2.41. The maximum atomic E-state index is 11.8. The molecule has 0 bridgehead atoms. The quantitative estimate of drug-likeness (QED) is 0.449. The topological polar surface area (TPSA) is 50.7 Å². The maximum Gasteiger partial charge on any atom is 0.316 e. The van der Waals surface area contributed by atoms with Crippen LogP contribution in [0, 0.1) is 5.92 Å². The van der Waals surface area contributed by atoms with E-state index in [0.717, 1.165) is 18.6 Å². The SMILES string of the molecule is CCCCCCOC(=O)C1CNC(=S)N=C1C. The van der Waals surface area contributed by atoms with E-state index in [1.165, 1.54) is 12.8 Å². The molecule has 0 spiro atoms. The molecule has 0 saturated heterocycles. The van der Waals surface area contributed by atoms with Gasteiger partial charge in [0.1, 0.15) is 5.92 Å². The average Bonchev–Trinajstić information content (AvgIpc) is 2.28. The lowest BCUT2D eigenvalue weighted by atomic mass is 10.0. The summed E-state index contributed by atoms with van der Waals surface area (Å²) in [4.78, 5) is 15.8. The second kappa shape index (κ2) is 7.37. The summed E-state index contributed by atoms with van der Waals surface area (Å²) in [5.74, 6) is -0.481. The van der Waals surface area contributed by atoms with Crippen LogP contribution in [-0.2, 0) is 9.53 Å². The van der Waals surface area contributed by atoms with Crippen molar-refractivity contribution >= 4 is 29.0 Å². The van der Waals surface area contributed by atoms with Crippen LogP contribution < -0.4 is 5.32 Å². The number of aliphatic imine (C=N–C) groups is 1. The van der Waals surface area contributed by atoms with E-state index in [1.807, 2.05) is 6.92 Å². The van der Waals surface area contributed by atoms with Crippen LogP contribution >= 0.6 is 12.2 Å². The van der Waals surface area contributed by atoms with Gasteiger partial charge < -0.3 is 10.1 Å². The van der Waals surface area contributed by atoms with Crippen LogP contribution in [0.1, 0.15) is 39.5 Å². The number of thiocarbonyl (C=S) groups is 1. The smallest absolute Gasteiger partial charge is 0.316 e. The zero-order valence-electron chi connectivity index (χ0n) is 10.5. The van der Waals surface area contributed by atoms with Gasteiger partial charge >= 0.3 is 5.97 Å². The summed E-state index contributed by atoms with van der Waals surface area (Å²) in [6.07, 6.45) is 4.43. The Hall–Kier alpha value is -0.970. The molecule has 1 heterocycles. The van der Waals surface area contributed by atoms with Gasteiger partial charge in [-0.05, 0) is 25.6 Å². The molecule has 17 heavy (non-hydrogen) atoms. The summed E-state index contributed by atoms with van der Waals surface area (Å²) in [5.41, 5.74) is 0.743. The fourth-order valence-electron chi connectivity index (χ4n) is 1.67. The van der Waals surface area contributed by atoms with Gasteiger partial charge in [-0.2, -0.15) is 0 Å². The third-order valence-corrected chi connectivity index (χ3v) is 3.00. The highest BCUT2D eigenvalue weighted by molar-refractivity contribution is 7.80. The predicted molar refractivity (Wildman–Crippen MR) is 72.3 cm³/mol.